The predicted molar refractivity (Wildman–Crippen MR) is 111 cm³/mol. The van der Waals surface area contributed by atoms with Crippen molar-refractivity contribution in [2.24, 2.45) is 0 Å². The molecular weight excluding hydrogens is 433 g/mol. The average Bonchev–Trinajstić information content (AvgIpc) is 2.54. The molecule has 0 saturated carbocycles. The van der Waals surface area contributed by atoms with E-state index in [1.165, 1.54) is 5.56 Å². The lowest BCUT2D eigenvalue weighted by Gasteiger charge is -2.41. The third-order valence-corrected chi connectivity index (χ3v) is 8.11. The van der Waals surface area contributed by atoms with E-state index in [2.05, 4.69) is 52.9 Å². The molecule has 0 spiro atoms. The second-order valence-electron chi connectivity index (χ2n) is 7.64. The van der Waals surface area contributed by atoms with Gasteiger partial charge in [-0.3, -0.25) is 0 Å². The van der Waals surface area contributed by atoms with E-state index in [-0.39, 0.29) is 23.0 Å². The first-order chi connectivity index (χ1) is 11.2. The Morgan fingerprint density at radius 1 is 1.29 bits per heavy atom. The second-order valence-corrected chi connectivity index (χ2v) is 11.4. The summed E-state index contributed by atoms with van der Waals surface area (Å²) in [5.41, 5.74) is 1.19. The molecule has 24 heavy (non-hydrogen) atoms. The minimum atomic E-state index is -1.08. The zero-order valence-electron chi connectivity index (χ0n) is 15.4. The van der Waals surface area contributed by atoms with Gasteiger partial charge in [-0.15, -0.1) is 0 Å². The molecule has 5 atom stereocenters. The molecule has 2 rings (SSSR count). The summed E-state index contributed by atoms with van der Waals surface area (Å²) in [7, 11) is -1.08. The van der Waals surface area contributed by atoms with Crippen LogP contribution in [0.5, 0.6) is 0 Å². The molecule has 1 fully saturated rings. The molecule has 0 N–H and O–H groups in total. The Kier molecular flexibility index (Phi) is 7.29. The molecule has 1 aliphatic rings. The van der Waals surface area contributed by atoms with Crippen LogP contribution in [0.3, 0.4) is 0 Å². The van der Waals surface area contributed by atoms with E-state index >= 15 is 0 Å². The van der Waals surface area contributed by atoms with Gasteiger partial charge in [-0.05, 0) is 53.0 Å². The highest BCUT2D eigenvalue weighted by molar-refractivity contribution is 14.1. The van der Waals surface area contributed by atoms with E-state index in [4.69, 9.17) is 4.74 Å². The fraction of sp³-hybridized carbons (Fsp3) is 0.684. The highest BCUT2D eigenvalue weighted by Crippen LogP contribution is 2.31. The summed E-state index contributed by atoms with van der Waals surface area (Å²) < 4.78 is 21.9. The Bertz CT molecular complexity index is 546. The normalized spacial score (nSPS) is 27.9. The van der Waals surface area contributed by atoms with Gasteiger partial charge in [-0.2, -0.15) is 0 Å². The quantitative estimate of drug-likeness (QED) is 0.468. The lowest BCUT2D eigenvalue weighted by molar-refractivity contribution is -0.0604. The largest absolute Gasteiger partial charge is 0.373 e. The van der Waals surface area contributed by atoms with Gasteiger partial charge >= 0.3 is 0 Å². The van der Waals surface area contributed by atoms with Crippen LogP contribution in [0.1, 0.15) is 53.0 Å². The molecule has 0 bridgehead atoms. The van der Waals surface area contributed by atoms with Gasteiger partial charge in [0.15, 0.2) is 0 Å². The summed E-state index contributed by atoms with van der Waals surface area (Å²) in [6, 6.07) is 10.4. The molecule has 1 saturated heterocycles. The maximum absolute atomic E-state index is 13.2. The first-order valence-corrected chi connectivity index (χ1v) is 11.1. The van der Waals surface area contributed by atoms with Crippen molar-refractivity contribution in [2.45, 2.75) is 80.9 Å². The third-order valence-electron chi connectivity index (χ3n) is 4.54. The number of rotatable bonds is 5. The summed E-state index contributed by atoms with van der Waals surface area (Å²) in [6.45, 7) is 11.1. The van der Waals surface area contributed by atoms with Gasteiger partial charge in [0.1, 0.15) is 11.0 Å². The van der Waals surface area contributed by atoms with Crippen LogP contribution in [-0.4, -0.2) is 35.4 Å². The Labute approximate surface area is 163 Å². The first-order valence-electron chi connectivity index (χ1n) is 8.72. The lowest BCUT2D eigenvalue weighted by Crippen LogP contribution is -2.50. The van der Waals surface area contributed by atoms with Crippen molar-refractivity contribution in [1.82, 2.24) is 4.31 Å². The van der Waals surface area contributed by atoms with Crippen LogP contribution in [0.2, 0.25) is 0 Å². The highest BCUT2D eigenvalue weighted by Gasteiger charge is 2.37. The average molecular weight is 463 g/mol. The van der Waals surface area contributed by atoms with E-state index in [9.17, 15) is 4.21 Å². The van der Waals surface area contributed by atoms with Gasteiger partial charge in [0, 0.05) is 16.5 Å². The van der Waals surface area contributed by atoms with Crippen LogP contribution >= 0.6 is 22.6 Å². The predicted octanol–water partition coefficient (Wildman–Crippen LogP) is 4.71. The molecular formula is C19H30INO2S. The molecule has 3 nitrogen and oxygen atoms in total. The second kappa shape index (κ2) is 8.60. The van der Waals surface area contributed by atoms with Crippen LogP contribution < -0.4 is 0 Å². The van der Waals surface area contributed by atoms with Crippen LogP contribution in [0.25, 0.3) is 0 Å². The minimum absolute atomic E-state index is 0.122. The number of ether oxygens (including phenoxy) is 1. The Morgan fingerprint density at radius 2 is 1.92 bits per heavy atom. The van der Waals surface area contributed by atoms with Crippen LogP contribution in [0, 0.1) is 0 Å². The minimum Gasteiger partial charge on any atom is -0.373 e. The fourth-order valence-electron chi connectivity index (χ4n) is 3.00. The topological polar surface area (TPSA) is 29.5 Å². The van der Waals surface area contributed by atoms with Crippen LogP contribution in [0.4, 0.5) is 0 Å². The van der Waals surface area contributed by atoms with E-state index in [0.717, 1.165) is 12.8 Å². The van der Waals surface area contributed by atoms with Crippen molar-refractivity contribution in [3.63, 3.8) is 0 Å². The number of nitrogens with zero attached hydrogens (tertiary/aromatic N) is 1. The molecule has 0 aliphatic carbocycles. The number of hydrogen-bond donors (Lipinski definition) is 0. The number of halogens is 1. The monoisotopic (exact) mass is 463 g/mol. The molecule has 0 radical (unpaired) electrons. The van der Waals surface area contributed by atoms with E-state index < -0.39 is 11.0 Å². The Balaban J connectivity index is 2.19. The Morgan fingerprint density at radius 3 is 2.46 bits per heavy atom. The maximum atomic E-state index is 13.2. The molecule has 0 aromatic heterocycles. The van der Waals surface area contributed by atoms with Gasteiger partial charge in [0.25, 0.3) is 0 Å². The van der Waals surface area contributed by atoms with Crippen molar-refractivity contribution < 1.29 is 8.95 Å². The van der Waals surface area contributed by atoms with Crippen molar-refractivity contribution in [3.05, 3.63) is 35.9 Å². The van der Waals surface area contributed by atoms with E-state index in [1.54, 1.807) is 0 Å². The summed E-state index contributed by atoms with van der Waals surface area (Å²) in [5, 5.41) is 0. The molecule has 0 amide bonds. The molecule has 1 aliphatic heterocycles. The van der Waals surface area contributed by atoms with Crippen molar-refractivity contribution in [1.29, 1.82) is 0 Å². The molecule has 1 heterocycles. The smallest absolute Gasteiger partial charge is 0.100 e. The standard InChI is InChI=1S/C19H30INO2S/c1-14(18-12-11-17(20)15(2)23-18)21(24(22)19(3,4)5)13-16-9-7-6-8-10-16/h6-10,14-15,17-18H,11-13H2,1-5H3. The van der Waals surface area contributed by atoms with E-state index in [0.29, 0.717) is 10.5 Å². The highest BCUT2D eigenvalue weighted by atomic mass is 127. The third kappa shape index (κ3) is 5.26. The van der Waals surface area contributed by atoms with Gasteiger partial charge in [-0.25, -0.2) is 8.51 Å². The molecule has 136 valence electrons. The zero-order valence-corrected chi connectivity index (χ0v) is 18.3. The zero-order chi connectivity index (χ0) is 17.9. The lowest BCUT2D eigenvalue weighted by atomic mass is 10.00. The number of benzene rings is 1. The first kappa shape index (κ1) is 20.3. The molecule has 1 aromatic rings. The van der Waals surface area contributed by atoms with Crippen molar-refractivity contribution in [3.8, 4) is 0 Å². The molecule has 5 heteroatoms. The summed E-state index contributed by atoms with van der Waals surface area (Å²) in [6.07, 6.45) is 2.60. The van der Waals surface area contributed by atoms with Gasteiger partial charge in [0.2, 0.25) is 0 Å². The fourth-order valence-corrected chi connectivity index (χ4v) is 4.93. The SMILES string of the molecule is CC1OC(C(C)N(Cc2ccccc2)S(=O)C(C)(C)C)CCC1I. The van der Waals surface area contributed by atoms with Gasteiger partial charge in [0.05, 0.1) is 17.0 Å². The number of hydrogen-bond acceptors (Lipinski definition) is 2. The van der Waals surface area contributed by atoms with Crippen molar-refractivity contribution >= 4 is 33.6 Å². The summed E-state index contributed by atoms with van der Waals surface area (Å²) in [4.78, 5) is 0. The van der Waals surface area contributed by atoms with E-state index in [1.807, 2.05) is 39.0 Å². The maximum Gasteiger partial charge on any atom is 0.100 e. The van der Waals surface area contributed by atoms with Gasteiger partial charge < -0.3 is 4.74 Å². The van der Waals surface area contributed by atoms with Crippen molar-refractivity contribution in [2.75, 3.05) is 0 Å². The Hall–Kier alpha value is 0.0200. The summed E-state index contributed by atoms with van der Waals surface area (Å²) in [5.74, 6) is 0. The summed E-state index contributed by atoms with van der Waals surface area (Å²) >= 11 is 2.48. The number of alkyl halides is 1. The van der Waals surface area contributed by atoms with Crippen LogP contribution in [-0.2, 0) is 22.3 Å². The molecule has 5 unspecified atom stereocenters. The van der Waals surface area contributed by atoms with Crippen LogP contribution in [0.15, 0.2) is 30.3 Å². The van der Waals surface area contributed by atoms with Gasteiger partial charge in [-0.1, -0.05) is 52.9 Å². The molecule has 1 aromatic carbocycles.